The van der Waals surface area contributed by atoms with Crippen LogP contribution in [-0.4, -0.2) is 17.0 Å². The highest BCUT2D eigenvalue weighted by atomic mass is 16.4. The van der Waals surface area contributed by atoms with E-state index in [4.69, 9.17) is 5.11 Å². The van der Waals surface area contributed by atoms with Gasteiger partial charge in [-0.1, -0.05) is 18.2 Å². The molecule has 0 heterocycles. The van der Waals surface area contributed by atoms with Crippen molar-refractivity contribution in [1.82, 2.24) is 5.32 Å². The number of amides is 1. The highest BCUT2D eigenvalue weighted by Gasteiger charge is 2.23. The minimum Gasteiger partial charge on any atom is -0.479 e. The van der Waals surface area contributed by atoms with E-state index in [1.165, 1.54) is 6.92 Å². The molecule has 0 aromatic heterocycles. The molecule has 2 N–H and O–H groups in total. The Morgan fingerprint density at radius 3 is 2.12 bits per heavy atom. The Kier molecular flexibility index (Phi) is 3.66. The highest BCUT2D eigenvalue weighted by Crippen LogP contribution is 2.22. The van der Waals surface area contributed by atoms with Crippen LogP contribution in [0.25, 0.3) is 0 Å². The van der Waals surface area contributed by atoms with Crippen molar-refractivity contribution in [3.05, 3.63) is 34.9 Å². The Labute approximate surface area is 94.3 Å². The Morgan fingerprint density at radius 1 is 1.25 bits per heavy atom. The molecule has 1 atom stereocenters. The molecule has 1 unspecified atom stereocenters. The van der Waals surface area contributed by atoms with E-state index in [9.17, 15) is 9.59 Å². The fourth-order valence-corrected chi connectivity index (χ4v) is 1.74. The highest BCUT2D eigenvalue weighted by molar-refractivity contribution is 5.84. The number of hydrogen-bond donors (Lipinski definition) is 2. The maximum atomic E-state index is 11.1. The van der Waals surface area contributed by atoms with Gasteiger partial charge in [0.1, 0.15) is 0 Å². The van der Waals surface area contributed by atoms with Gasteiger partial charge in [-0.05, 0) is 30.5 Å². The summed E-state index contributed by atoms with van der Waals surface area (Å²) in [6, 6.07) is 4.56. The molecule has 16 heavy (non-hydrogen) atoms. The first kappa shape index (κ1) is 12.2. The third kappa shape index (κ3) is 2.59. The van der Waals surface area contributed by atoms with Crippen molar-refractivity contribution < 1.29 is 14.7 Å². The van der Waals surface area contributed by atoms with Crippen LogP contribution in [-0.2, 0) is 9.59 Å². The fraction of sp³-hybridized carbons (Fsp3) is 0.333. The molecule has 0 aliphatic heterocycles. The monoisotopic (exact) mass is 221 g/mol. The van der Waals surface area contributed by atoms with E-state index in [1.54, 1.807) is 0 Å². The van der Waals surface area contributed by atoms with E-state index in [1.807, 2.05) is 32.0 Å². The van der Waals surface area contributed by atoms with Gasteiger partial charge in [-0.15, -0.1) is 0 Å². The maximum Gasteiger partial charge on any atom is 0.330 e. The average Bonchev–Trinajstić information content (AvgIpc) is 2.15. The van der Waals surface area contributed by atoms with Crippen LogP contribution in [0.15, 0.2) is 18.2 Å². The number of carboxylic acids is 1. The number of hydrogen-bond acceptors (Lipinski definition) is 2. The largest absolute Gasteiger partial charge is 0.479 e. The van der Waals surface area contributed by atoms with Gasteiger partial charge >= 0.3 is 5.97 Å². The molecule has 0 aliphatic carbocycles. The van der Waals surface area contributed by atoms with Gasteiger partial charge in [0.2, 0.25) is 5.91 Å². The van der Waals surface area contributed by atoms with Crippen LogP contribution >= 0.6 is 0 Å². The first-order valence-corrected chi connectivity index (χ1v) is 4.99. The fourth-order valence-electron chi connectivity index (χ4n) is 1.74. The lowest BCUT2D eigenvalue weighted by Gasteiger charge is -2.18. The van der Waals surface area contributed by atoms with Gasteiger partial charge in [0.25, 0.3) is 0 Å². The van der Waals surface area contributed by atoms with E-state index < -0.39 is 12.0 Å². The molecule has 1 rings (SSSR count). The van der Waals surface area contributed by atoms with Gasteiger partial charge in [0.15, 0.2) is 6.04 Å². The Bertz CT molecular complexity index is 406. The number of aliphatic carboxylic acids is 1. The molecule has 4 heteroatoms. The molecule has 0 bridgehead atoms. The Hall–Kier alpha value is -1.84. The van der Waals surface area contributed by atoms with Crippen molar-refractivity contribution in [2.24, 2.45) is 0 Å². The minimum absolute atomic E-state index is 0.352. The summed E-state index contributed by atoms with van der Waals surface area (Å²) in [5, 5.41) is 11.5. The summed E-state index contributed by atoms with van der Waals surface area (Å²) in [6.45, 7) is 4.98. The van der Waals surface area contributed by atoms with E-state index >= 15 is 0 Å². The smallest absolute Gasteiger partial charge is 0.330 e. The summed E-state index contributed by atoms with van der Waals surface area (Å²) in [6.07, 6.45) is 0. The van der Waals surface area contributed by atoms with Gasteiger partial charge in [-0.25, -0.2) is 4.79 Å². The van der Waals surface area contributed by atoms with Gasteiger partial charge in [-0.2, -0.15) is 0 Å². The number of nitrogens with one attached hydrogen (secondary N) is 1. The summed E-state index contributed by atoms with van der Waals surface area (Å²) in [4.78, 5) is 22.1. The minimum atomic E-state index is -1.05. The number of aryl methyl sites for hydroxylation is 2. The predicted octanol–water partition coefficient (Wildman–Crippen LogP) is 1.57. The summed E-state index contributed by atoms with van der Waals surface area (Å²) in [5.74, 6) is -1.40. The lowest BCUT2D eigenvalue weighted by molar-refractivity contribution is -0.141. The van der Waals surface area contributed by atoms with Gasteiger partial charge in [0.05, 0.1) is 0 Å². The van der Waals surface area contributed by atoms with Crippen LogP contribution in [0.2, 0.25) is 0 Å². The molecule has 4 nitrogen and oxygen atoms in total. The van der Waals surface area contributed by atoms with Crippen LogP contribution in [0.3, 0.4) is 0 Å². The molecule has 86 valence electrons. The topological polar surface area (TPSA) is 66.4 Å². The zero-order valence-electron chi connectivity index (χ0n) is 9.57. The second-order valence-corrected chi connectivity index (χ2v) is 3.78. The van der Waals surface area contributed by atoms with Gasteiger partial charge < -0.3 is 10.4 Å². The molecule has 0 aliphatic rings. The quantitative estimate of drug-likeness (QED) is 0.814. The maximum absolute atomic E-state index is 11.1. The molecule has 1 amide bonds. The zero-order chi connectivity index (χ0) is 12.3. The molecule has 0 radical (unpaired) electrons. The molecule has 1 aromatic rings. The lowest BCUT2D eigenvalue weighted by Crippen LogP contribution is -2.33. The molecule has 0 fully saturated rings. The molecule has 0 spiro atoms. The first-order chi connectivity index (χ1) is 7.43. The molecular formula is C12H15NO3. The number of rotatable bonds is 3. The SMILES string of the molecule is CC(=O)NC(C(=O)O)c1c(C)cccc1C. The third-order valence-corrected chi connectivity index (χ3v) is 2.43. The number of benzene rings is 1. The van der Waals surface area contributed by atoms with Crippen LogP contribution in [0.1, 0.15) is 29.7 Å². The van der Waals surface area contributed by atoms with E-state index in [2.05, 4.69) is 5.32 Å². The van der Waals surface area contributed by atoms with Gasteiger partial charge in [0, 0.05) is 6.92 Å². The van der Waals surface area contributed by atoms with Crippen molar-refractivity contribution in [2.75, 3.05) is 0 Å². The lowest BCUT2D eigenvalue weighted by atomic mass is 9.96. The van der Waals surface area contributed by atoms with E-state index in [0.29, 0.717) is 5.56 Å². The Morgan fingerprint density at radius 2 is 1.75 bits per heavy atom. The van der Waals surface area contributed by atoms with Crippen LogP contribution in [0, 0.1) is 13.8 Å². The summed E-state index contributed by atoms with van der Waals surface area (Å²) >= 11 is 0. The first-order valence-electron chi connectivity index (χ1n) is 4.99. The molecule has 0 saturated carbocycles. The summed E-state index contributed by atoms with van der Waals surface area (Å²) in [5.41, 5.74) is 2.38. The Balaban J connectivity index is 3.20. The van der Waals surface area contributed by atoms with Gasteiger partial charge in [-0.3, -0.25) is 4.79 Å². The summed E-state index contributed by atoms with van der Waals surface area (Å²) in [7, 11) is 0. The van der Waals surface area contributed by atoms with Crippen LogP contribution in [0.5, 0.6) is 0 Å². The second-order valence-electron chi connectivity index (χ2n) is 3.78. The summed E-state index contributed by atoms with van der Waals surface area (Å²) < 4.78 is 0. The van der Waals surface area contributed by atoms with E-state index in [-0.39, 0.29) is 5.91 Å². The normalized spacial score (nSPS) is 11.9. The van der Waals surface area contributed by atoms with Crippen LogP contribution < -0.4 is 5.32 Å². The molecule has 0 saturated heterocycles. The number of carboxylic acid groups (broad SMARTS) is 1. The predicted molar refractivity (Wildman–Crippen MR) is 60.1 cm³/mol. The van der Waals surface area contributed by atoms with Crippen molar-refractivity contribution in [3.63, 3.8) is 0 Å². The molecular weight excluding hydrogens is 206 g/mol. The van der Waals surface area contributed by atoms with Crippen LogP contribution in [0.4, 0.5) is 0 Å². The van der Waals surface area contributed by atoms with Crippen molar-refractivity contribution in [2.45, 2.75) is 26.8 Å². The standard InChI is InChI=1S/C12H15NO3/c1-7-5-4-6-8(2)10(7)11(12(15)16)13-9(3)14/h4-6,11H,1-3H3,(H,13,14)(H,15,16). The number of carbonyl (C=O) groups excluding carboxylic acids is 1. The number of carbonyl (C=O) groups is 2. The zero-order valence-corrected chi connectivity index (χ0v) is 9.57. The average molecular weight is 221 g/mol. The third-order valence-electron chi connectivity index (χ3n) is 2.43. The molecule has 1 aromatic carbocycles. The second kappa shape index (κ2) is 4.79. The van der Waals surface area contributed by atoms with Crippen molar-refractivity contribution in [3.8, 4) is 0 Å². The van der Waals surface area contributed by atoms with Crippen molar-refractivity contribution in [1.29, 1.82) is 0 Å². The van der Waals surface area contributed by atoms with Crippen molar-refractivity contribution >= 4 is 11.9 Å². The van der Waals surface area contributed by atoms with E-state index in [0.717, 1.165) is 11.1 Å².